The average Bonchev–Trinajstić information content (AvgIpc) is 2.61. The molecular formula is C17H26F3N3O3. The van der Waals surface area contributed by atoms with E-state index in [2.05, 4.69) is 20.4 Å². The van der Waals surface area contributed by atoms with Gasteiger partial charge in [0.15, 0.2) is 17.5 Å². The third-order valence-corrected chi connectivity index (χ3v) is 3.24. The molecule has 1 aromatic rings. The molecule has 26 heavy (non-hydrogen) atoms. The highest BCUT2D eigenvalue weighted by atomic mass is 19.4. The molecule has 0 aliphatic rings. The van der Waals surface area contributed by atoms with Crippen LogP contribution in [0.2, 0.25) is 0 Å². The summed E-state index contributed by atoms with van der Waals surface area (Å²) in [7, 11) is 3.14. The van der Waals surface area contributed by atoms with Crippen LogP contribution in [-0.2, 0) is 11.3 Å². The zero-order chi connectivity index (χ0) is 19.4. The number of nitrogens with zero attached hydrogens (tertiary/aromatic N) is 1. The summed E-state index contributed by atoms with van der Waals surface area (Å²) in [5, 5.41) is 6.14. The lowest BCUT2D eigenvalue weighted by molar-refractivity contribution is -0.173. The standard InChI is InChI=1S/C17H26F3N3O3/c1-4-21-16(22-8-5-9-26-12-17(18,19)20)23-11-13-6-7-14(24-2)15(10-13)25-3/h6-7,10H,4-5,8-9,11-12H2,1-3H3,(H2,21,22,23). The first-order valence-corrected chi connectivity index (χ1v) is 8.27. The van der Waals surface area contributed by atoms with Gasteiger partial charge in [-0.1, -0.05) is 6.07 Å². The molecule has 0 radical (unpaired) electrons. The number of methoxy groups -OCH3 is 2. The fourth-order valence-electron chi connectivity index (χ4n) is 2.06. The summed E-state index contributed by atoms with van der Waals surface area (Å²) in [6, 6.07) is 5.54. The Labute approximate surface area is 151 Å². The van der Waals surface area contributed by atoms with Crippen molar-refractivity contribution in [3.05, 3.63) is 23.8 Å². The van der Waals surface area contributed by atoms with E-state index in [-0.39, 0.29) is 6.61 Å². The van der Waals surface area contributed by atoms with Crippen LogP contribution in [0.25, 0.3) is 0 Å². The molecule has 0 spiro atoms. The van der Waals surface area contributed by atoms with E-state index in [0.717, 1.165) is 5.56 Å². The third-order valence-electron chi connectivity index (χ3n) is 3.24. The van der Waals surface area contributed by atoms with Gasteiger partial charge in [0.25, 0.3) is 0 Å². The van der Waals surface area contributed by atoms with Gasteiger partial charge in [0, 0.05) is 19.7 Å². The number of nitrogens with one attached hydrogen (secondary N) is 2. The molecule has 6 nitrogen and oxygen atoms in total. The molecule has 0 saturated heterocycles. The number of aliphatic imine (C=N–C) groups is 1. The lowest BCUT2D eigenvalue weighted by Gasteiger charge is -2.12. The normalized spacial score (nSPS) is 12.0. The van der Waals surface area contributed by atoms with Gasteiger partial charge < -0.3 is 24.8 Å². The molecule has 0 heterocycles. The first-order chi connectivity index (χ1) is 12.4. The number of hydrogen-bond acceptors (Lipinski definition) is 4. The summed E-state index contributed by atoms with van der Waals surface area (Å²) < 4.78 is 50.9. The molecule has 2 N–H and O–H groups in total. The van der Waals surface area contributed by atoms with Crippen LogP contribution in [0.15, 0.2) is 23.2 Å². The maximum atomic E-state index is 12.0. The molecule has 0 fully saturated rings. The zero-order valence-corrected chi connectivity index (χ0v) is 15.3. The van der Waals surface area contributed by atoms with Crippen molar-refractivity contribution in [2.45, 2.75) is 26.1 Å². The number of rotatable bonds is 10. The molecule has 0 aliphatic carbocycles. The van der Waals surface area contributed by atoms with Gasteiger partial charge in [-0.3, -0.25) is 0 Å². The maximum Gasteiger partial charge on any atom is 0.411 e. The number of halogens is 3. The average molecular weight is 377 g/mol. The SMILES string of the molecule is CCNC(=NCc1ccc(OC)c(OC)c1)NCCCOCC(F)(F)F. The molecule has 148 valence electrons. The zero-order valence-electron chi connectivity index (χ0n) is 15.3. The fraction of sp³-hybridized carbons (Fsp3) is 0.588. The van der Waals surface area contributed by atoms with Crippen molar-refractivity contribution in [1.82, 2.24) is 10.6 Å². The Morgan fingerprint density at radius 1 is 1.12 bits per heavy atom. The third kappa shape index (κ3) is 8.80. The molecule has 9 heteroatoms. The first kappa shape index (κ1) is 21.9. The van der Waals surface area contributed by atoms with Crippen LogP contribution in [-0.4, -0.2) is 52.7 Å². The second-order valence-corrected chi connectivity index (χ2v) is 5.33. The largest absolute Gasteiger partial charge is 0.493 e. The first-order valence-electron chi connectivity index (χ1n) is 8.27. The van der Waals surface area contributed by atoms with Crippen molar-refractivity contribution in [2.75, 3.05) is 40.5 Å². The lowest BCUT2D eigenvalue weighted by atomic mass is 10.2. The number of alkyl halides is 3. The minimum Gasteiger partial charge on any atom is -0.493 e. The van der Waals surface area contributed by atoms with Crippen molar-refractivity contribution in [3.8, 4) is 11.5 Å². The second kappa shape index (κ2) is 11.5. The van der Waals surface area contributed by atoms with Gasteiger partial charge in [-0.15, -0.1) is 0 Å². The molecule has 0 aromatic heterocycles. The Morgan fingerprint density at radius 3 is 2.46 bits per heavy atom. The summed E-state index contributed by atoms with van der Waals surface area (Å²) in [5.41, 5.74) is 0.938. The van der Waals surface area contributed by atoms with E-state index < -0.39 is 12.8 Å². The molecule has 0 atom stereocenters. The number of hydrogen-bond donors (Lipinski definition) is 2. The van der Waals surface area contributed by atoms with Gasteiger partial charge >= 0.3 is 6.18 Å². The predicted octanol–water partition coefficient (Wildman–Crippen LogP) is 2.73. The molecule has 0 bridgehead atoms. The minimum atomic E-state index is -4.29. The second-order valence-electron chi connectivity index (χ2n) is 5.33. The Bertz CT molecular complexity index is 566. The topological polar surface area (TPSA) is 64.1 Å². The molecule has 0 aliphatic heterocycles. The van der Waals surface area contributed by atoms with Gasteiger partial charge in [-0.25, -0.2) is 4.99 Å². The van der Waals surface area contributed by atoms with Crippen molar-refractivity contribution in [3.63, 3.8) is 0 Å². The summed E-state index contributed by atoms with van der Waals surface area (Å²) in [4.78, 5) is 4.45. The Kier molecular flexibility index (Phi) is 9.64. The summed E-state index contributed by atoms with van der Waals surface area (Å²) in [6.45, 7) is 2.28. The molecule has 0 unspecified atom stereocenters. The number of guanidine groups is 1. The molecule has 0 saturated carbocycles. The highest BCUT2D eigenvalue weighted by Gasteiger charge is 2.27. The summed E-state index contributed by atoms with van der Waals surface area (Å²) >= 11 is 0. The number of ether oxygens (including phenoxy) is 3. The number of benzene rings is 1. The van der Waals surface area contributed by atoms with Crippen LogP contribution in [0.5, 0.6) is 11.5 Å². The van der Waals surface area contributed by atoms with Crippen LogP contribution in [0, 0.1) is 0 Å². The van der Waals surface area contributed by atoms with Crippen LogP contribution >= 0.6 is 0 Å². The van der Waals surface area contributed by atoms with E-state index in [9.17, 15) is 13.2 Å². The molecule has 1 aromatic carbocycles. The van der Waals surface area contributed by atoms with E-state index in [0.29, 0.717) is 43.5 Å². The van der Waals surface area contributed by atoms with E-state index in [1.807, 2.05) is 25.1 Å². The highest BCUT2D eigenvalue weighted by Crippen LogP contribution is 2.27. The Hall–Kier alpha value is -2.16. The summed E-state index contributed by atoms with van der Waals surface area (Å²) in [5.74, 6) is 1.85. The molecule has 1 rings (SSSR count). The molecule has 0 amide bonds. The van der Waals surface area contributed by atoms with Gasteiger partial charge in [-0.2, -0.15) is 13.2 Å². The molecular weight excluding hydrogens is 351 g/mol. The van der Waals surface area contributed by atoms with Crippen LogP contribution < -0.4 is 20.1 Å². The van der Waals surface area contributed by atoms with Crippen molar-refractivity contribution >= 4 is 5.96 Å². The highest BCUT2D eigenvalue weighted by molar-refractivity contribution is 5.79. The Morgan fingerprint density at radius 2 is 1.85 bits per heavy atom. The van der Waals surface area contributed by atoms with E-state index >= 15 is 0 Å². The van der Waals surface area contributed by atoms with Gasteiger partial charge in [0.1, 0.15) is 6.61 Å². The predicted molar refractivity (Wildman–Crippen MR) is 93.9 cm³/mol. The quantitative estimate of drug-likeness (QED) is 0.373. The lowest BCUT2D eigenvalue weighted by Crippen LogP contribution is -2.38. The van der Waals surface area contributed by atoms with Crippen LogP contribution in [0.4, 0.5) is 13.2 Å². The van der Waals surface area contributed by atoms with Gasteiger partial charge in [0.05, 0.1) is 20.8 Å². The van der Waals surface area contributed by atoms with Crippen molar-refractivity contribution < 1.29 is 27.4 Å². The van der Waals surface area contributed by atoms with E-state index in [4.69, 9.17) is 9.47 Å². The Balaban J connectivity index is 2.48. The smallest absolute Gasteiger partial charge is 0.411 e. The van der Waals surface area contributed by atoms with Crippen molar-refractivity contribution in [1.29, 1.82) is 0 Å². The van der Waals surface area contributed by atoms with Crippen molar-refractivity contribution in [2.24, 2.45) is 4.99 Å². The van der Waals surface area contributed by atoms with Crippen LogP contribution in [0.1, 0.15) is 18.9 Å². The fourth-order valence-corrected chi connectivity index (χ4v) is 2.06. The van der Waals surface area contributed by atoms with E-state index in [1.54, 1.807) is 14.2 Å². The van der Waals surface area contributed by atoms with Crippen LogP contribution in [0.3, 0.4) is 0 Å². The maximum absolute atomic E-state index is 12.0. The monoisotopic (exact) mass is 377 g/mol. The minimum absolute atomic E-state index is 0.0294. The summed E-state index contributed by atoms with van der Waals surface area (Å²) in [6.07, 6.45) is -3.85. The van der Waals surface area contributed by atoms with Gasteiger partial charge in [-0.05, 0) is 31.0 Å². The van der Waals surface area contributed by atoms with Gasteiger partial charge in [0.2, 0.25) is 0 Å². The van der Waals surface area contributed by atoms with E-state index in [1.165, 1.54) is 0 Å².